The Morgan fingerprint density at radius 1 is 1.38 bits per heavy atom. The molecule has 16 heavy (non-hydrogen) atoms. The van der Waals surface area contributed by atoms with Gasteiger partial charge in [0.1, 0.15) is 0 Å². The van der Waals surface area contributed by atoms with E-state index in [-0.39, 0.29) is 0 Å². The summed E-state index contributed by atoms with van der Waals surface area (Å²) in [6.45, 7) is 4.36. The van der Waals surface area contributed by atoms with Gasteiger partial charge in [0.25, 0.3) is 0 Å². The van der Waals surface area contributed by atoms with Crippen LogP contribution in [0.4, 0.5) is 0 Å². The van der Waals surface area contributed by atoms with Gasteiger partial charge in [-0.1, -0.05) is 25.8 Å². The summed E-state index contributed by atoms with van der Waals surface area (Å²) in [7, 11) is 0. The summed E-state index contributed by atoms with van der Waals surface area (Å²) in [4.78, 5) is 4.33. The van der Waals surface area contributed by atoms with Crippen LogP contribution in [0.25, 0.3) is 0 Å². The van der Waals surface area contributed by atoms with E-state index < -0.39 is 0 Å². The number of nitrogens with one attached hydrogen (secondary N) is 1. The third kappa shape index (κ3) is 2.82. The molecule has 1 N–H and O–H groups in total. The topological polar surface area (TPSA) is 24.9 Å². The first-order valence-electron chi connectivity index (χ1n) is 6.45. The minimum absolute atomic E-state index is 0.615. The molecule has 0 bridgehead atoms. The molecule has 0 spiro atoms. The Hall–Kier alpha value is -0.890. The molecule has 0 aromatic carbocycles. The van der Waals surface area contributed by atoms with Crippen molar-refractivity contribution in [3.8, 4) is 0 Å². The van der Waals surface area contributed by atoms with Gasteiger partial charge in [-0.15, -0.1) is 0 Å². The second-order valence-electron chi connectivity index (χ2n) is 5.03. The van der Waals surface area contributed by atoms with Crippen LogP contribution in [0, 0.1) is 5.41 Å². The smallest absolute Gasteiger partial charge is 0.0541 e. The predicted octanol–water partition coefficient (Wildman–Crippen LogP) is 3.14. The highest BCUT2D eigenvalue weighted by atomic mass is 14.9. The SMILES string of the molecule is CCCC1(CNCc2ccccn2)CCC1. The van der Waals surface area contributed by atoms with Gasteiger partial charge in [0.15, 0.2) is 0 Å². The first-order valence-corrected chi connectivity index (χ1v) is 6.45. The number of nitrogens with zero attached hydrogens (tertiary/aromatic N) is 1. The zero-order chi connectivity index (χ0) is 11.3. The van der Waals surface area contributed by atoms with Crippen molar-refractivity contribution in [2.75, 3.05) is 6.54 Å². The number of pyridine rings is 1. The van der Waals surface area contributed by atoms with E-state index in [9.17, 15) is 0 Å². The molecule has 0 amide bonds. The highest BCUT2D eigenvalue weighted by Crippen LogP contribution is 2.44. The van der Waals surface area contributed by atoms with Crippen molar-refractivity contribution >= 4 is 0 Å². The van der Waals surface area contributed by atoms with Crippen molar-refractivity contribution in [1.82, 2.24) is 10.3 Å². The van der Waals surface area contributed by atoms with E-state index in [1.807, 2.05) is 12.3 Å². The highest BCUT2D eigenvalue weighted by Gasteiger charge is 2.35. The maximum atomic E-state index is 4.33. The lowest BCUT2D eigenvalue weighted by Gasteiger charge is -2.42. The van der Waals surface area contributed by atoms with Gasteiger partial charge in [0.2, 0.25) is 0 Å². The fourth-order valence-corrected chi connectivity index (χ4v) is 2.68. The molecule has 88 valence electrons. The quantitative estimate of drug-likeness (QED) is 0.793. The van der Waals surface area contributed by atoms with Crippen LogP contribution in [0.1, 0.15) is 44.7 Å². The van der Waals surface area contributed by atoms with Gasteiger partial charge in [-0.3, -0.25) is 4.98 Å². The van der Waals surface area contributed by atoms with Crippen LogP contribution in [-0.4, -0.2) is 11.5 Å². The zero-order valence-electron chi connectivity index (χ0n) is 10.2. The Kier molecular flexibility index (Phi) is 3.94. The van der Waals surface area contributed by atoms with Crippen LogP contribution in [0.2, 0.25) is 0 Å². The second-order valence-corrected chi connectivity index (χ2v) is 5.03. The number of hydrogen-bond donors (Lipinski definition) is 1. The lowest BCUT2D eigenvalue weighted by atomic mass is 9.66. The highest BCUT2D eigenvalue weighted by molar-refractivity contribution is 5.03. The van der Waals surface area contributed by atoms with E-state index in [2.05, 4.69) is 29.4 Å². The van der Waals surface area contributed by atoms with Crippen molar-refractivity contribution in [1.29, 1.82) is 0 Å². The van der Waals surface area contributed by atoms with E-state index >= 15 is 0 Å². The normalized spacial score (nSPS) is 18.1. The molecule has 2 rings (SSSR count). The van der Waals surface area contributed by atoms with E-state index in [1.165, 1.54) is 32.1 Å². The average Bonchev–Trinajstić information content (AvgIpc) is 2.27. The van der Waals surface area contributed by atoms with Crippen LogP contribution in [0.3, 0.4) is 0 Å². The summed E-state index contributed by atoms with van der Waals surface area (Å²) in [6, 6.07) is 6.10. The summed E-state index contributed by atoms with van der Waals surface area (Å²) >= 11 is 0. The average molecular weight is 218 g/mol. The monoisotopic (exact) mass is 218 g/mol. The van der Waals surface area contributed by atoms with Gasteiger partial charge in [0.05, 0.1) is 5.69 Å². The van der Waals surface area contributed by atoms with Gasteiger partial charge >= 0.3 is 0 Å². The summed E-state index contributed by atoms with van der Waals surface area (Å²) < 4.78 is 0. The number of hydrogen-bond acceptors (Lipinski definition) is 2. The maximum Gasteiger partial charge on any atom is 0.0541 e. The maximum absolute atomic E-state index is 4.33. The minimum atomic E-state index is 0.615. The molecule has 1 saturated carbocycles. The van der Waals surface area contributed by atoms with Gasteiger partial charge in [-0.05, 0) is 36.8 Å². The van der Waals surface area contributed by atoms with Gasteiger partial charge < -0.3 is 5.32 Å². The Morgan fingerprint density at radius 3 is 2.81 bits per heavy atom. The summed E-state index contributed by atoms with van der Waals surface area (Å²) in [5, 5.41) is 3.57. The number of rotatable bonds is 6. The van der Waals surface area contributed by atoms with E-state index in [0.29, 0.717) is 5.41 Å². The predicted molar refractivity (Wildman–Crippen MR) is 67.1 cm³/mol. The molecule has 0 saturated heterocycles. The van der Waals surface area contributed by atoms with Crippen molar-refractivity contribution in [2.24, 2.45) is 5.41 Å². The largest absolute Gasteiger partial charge is 0.311 e. The first-order chi connectivity index (χ1) is 7.85. The molecule has 2 heteroatoms. The van der Waals surface area contributed by atoms with Crippen molar-refractivity contribution < 1.29 is 0 Å². The van der Waals surface area contributed by atoms with Crippen LogP contribution in [-0.2, 0) is 6.54 Å². The van der Waals surface area contributed by atoms with E-state index in [1.54, 1.807) is 0 Å². The molecule has 0 atom stereocenters. The molecular formula is C14H22N2. The molecule has 1 fully saturated rings. The molecular weight excluding hydrogens is 196 g/mol. The van der Waals surface area contributed by atoms with Crippen LogP contribution in [0.5, 0.6) is 0 Å². The lowest BCUT2D eigenvalue weighted by molar-refractivity contribution is 0.115. The minimum Gasteiger partial charge on any atom is -0.311 e. The summed E-state index contributed by atoms with van der Waals surface area (Å²) in [6.07, 6.45) is 8.80. The fraction of sp³-hybridized carbons (Fsp3) is 0.643. The molecule has 0 radical (unpaired) electrons. The fourth-order valence-electron chi connectivity index (χ4n) is 2.68. The third-order valence-corrected chi connectivity index (χ3v) is 3.73. The molecule has 0 aliphatic heterocycles. The Balaban J connectivity index is 1.75. The first kappa shape index (κ1) is 11.6. The molecule has 1 aromatic heterocycles. The van der Waals surface area contributed by atoms with Crippen molar-refractivity contribution in [2.45, 2.75) is 45.6 Å². The van der Waals surface area contributed by atoms with Crippen molar-refractivity contribution in [3.63, 3.8) is 0 Å². The Morgan fingerprint density at radius 2 is 2.25 bits per heavy atom. The molecule has 0 unspecified atom stereocenters. The van der Waals surface area contributed by atoms with Crippen LogP contribution < -0.4 is 5.32 Å². The molecule has 2 nitrogen and oxygen atoms in total. The van der Waals surface area contributed by atoms with Gasteiger partial charge in [-0.25, -0.2) is 0 Å². The standard InChI is InChI=1S/C14H22N2/c1-2-7-14(8-5-9-14)12-15-11-13-6-3-4-10-16-13/h3-4,6,10,15H,2,5,7-9,11-12H2,1H3. The number of aromatic nitrogens is 1. The zero-order valence-corrected chi connectivity index (χ0v) is 10.2. The molecule has 1 heterocycles. The summed E-state index contributed by atoms with van der Waals surface area (Å²) in [5.41, 5.74) is 1.76. The third-order valence-electron chi connectivity index (χ3n) is 3.73. The van der Waals surface area contributed by atoms with Crippen molar-refractivity contribution in [3.05, 3.63) is 30.1 Å². The van der Waals surface area contributed by atoms with Crippen LogP contribution in [0.15, 0.2) is 24.4 Å². The van der Waals surface area contributed by atoms with Crippen LogP contribution >= 0.6 is 0 Å². The lowest BCUT2D eigenvalue weighted by Crippen LogP contribution is -2.39. The van der Waals surface area contributed by atoms with E-state index in [4.69, 9.17) is 0 Å². The Labute approximate surface area is 98.5 Å². The molecule has 1 aromatic rings. The molecule has 1 aliphatic rings. The second kappa shape index (κ2) is 5.44. The summed E-state index contributed by atoms with van der Waals surface area (Å²) in [5.74, 6) is 0. The van der Waals surface area contributed by atoms with Gasteiger partial charge in [-0.2, -0.15) is 0 Å². The Bertz CT molecular complexity index is 304. The van der Waals surface area contributed by atoms with Gasteiger partial charge in [0, 0.05) is 19.3 Å². The molecule has 1 aliphatic carbocycles. The van der Waals surface area contributed by atoms with E-state index in [0.717, 1.165) is 18.8 Å².